The number of amides is 1. The lowest BCUT2D eigenvalue weighted by molar-refractivity contribution is -0.128. The Balaban J connectivity index is 0.000000151. The summed E-state index contributed by atoms with van der Waals surface area (Å²) in [5.74, 6) is 0.851. The second kappa shape index (κ2) is 29.5. The summed E-state index contributed by atoms with van der Waals surface area (Å²) in [7, 11) is 1.79. The third-order valence-corrected chi connectivity index (χ3v) is 18.3. The number of carbonyl (C=O) groups excluding carboxylic acids is 4. The third kappa shape index (κ3) is 14.7. The number of piperidine rings is 3. The molecule has 3 N–H and O–H groups in total. The number of nitrogens with two attached hydrogens (primary N) is 1. The van der Waals surface area contributed by atoms with Gasteiger partial charge in [-0.1, -0.05) is 42.3 Å². The van der Waals surface area contributed by atoms with Gasteiger partial charge in [0.2, 0.25) is 5.91 Å². The van der Waals surface area contributed by atoms with E-state index in [0.717, 1.165) is 157 Å². The van der Waals surface area contributed by atoms with Crippen LogP contribution in [0.1, 0.15) is 111 Å². The largest absolute Gasteiger partial charge is 0.393 e. The first-order valence-electron chi connectivity index (χ1n) is 31.5. The fraction of sp³-hybridized carbons (Fsp3) is 0.375. The molecule has 12 rings (SSSR count). The van der Waals surface area contributed by atoms with Crippen molar-refractivity contribution in [1.29, 1.82) is 0 Å². The van der Waals surface area contributed by atoms with Crippen LogP contribution in [0.2, 0.25) is 5.02 Å². The molecule has 3 aliphatic rings. The number of likely N-dealkylation sites (N-methyl/N-ethyl adjacent to an activating group) is 1. The van der Waals surface area contributed by atoms with E-state index in [2.05, 4.69) is 49.6 Å². The SMILES string of the molecule is Cc1c(C(=O)CN2CCC(O)CC2)c2ncccc2n1-c1ccc(Cl)cc1.[C-]#[N+]c1ccc(-n2c(C)c(C(=O)CN3CCC(CN)CC3)c3ncc(C)cc32)cc1.[C-]#[N+]c1ccc(-n2c(C)c(C(=O)CN3CCCCC3)c3ncc(CC(=O)N(C)CC)cc32)cc1. The summed E-state index contributed by atoms with van der Waals surface area (Å²) in [5, 5.41) is 10.4. The lowest BCUT2D eigenvalue weighted by atomic mass is 9.96. The number of fused-ring (bicyclic) bond motifs is 3. The Labute approximate surface area is 537 Å². The molecule has 3 aromatic carbocycles. The van der Waals surface area contributed by atoms with Crippen molar-refractivity contribution in [1.82, 2.24) is 48.3 Å². The van der Waals surface area contributed by atoms with Crippen LogP contribution < -0.4 is 5.73 Å². The van der Waals surface area contributed by atoms with Crippen LogP contribution in [-0.4, -0.2) is 162 Å². The molecule has 1 amide bonds. The van der Waals surface area contributed by atoms with Gasteiger partial charge in [-0.2, -0.15) is 0 Å². The molecule has 0 aliphatic carbocycles. The van der Waals surface area contributed by atoms with Crippen LogP contribution in [0.15, 0.2) is 116 Å². The van der Waals surface area contributed by atoms with E-state index >= 15 is 0 Å². The molecule has 18 nitrogen and oxygen atoms in total. The molecule has 3 aliphatic heterocycles. The molecular weight excluding hydrogens is 1160 g/mol. The van der Waals surface area contributed by atoms with Crippen LogP contribution in [0.3, 0.4) is 0 Å². The van der Waals surface area contributed by atoms with E-state index in [0.29, 0.717) is 70.7 Å². The van der Waals surface area contributed by atoms with Gasteiger partial charge in [0.15, 0.2) is 28.7 Å². The molecule has 3 saturated heterocycles. The molecule has 6 aromatic heterocycles. The maximum Gasteiger partial charge on any atom is 0.226 e. The monoisotopic (exact) mass is 1240 g/mol. The minimum absolute atomic E-state index is 0.0290. The summed E-state index contributed by atoms with van der Waals surface area (Å²) in [4.78, 5) is 81.6. The van der Waals surface area contributed by atoms with Crippen molar-refractivity contribution in [2.45, 2.75) is 92.1 Å². The van der Waals surface area contributed by atoms with Gasteiger partial charge in [-0.25, -0.2) is 9.69 Å². The minimum atomic E-state index is -0.244. The number of rotatable bonds is 16. The van der Waals surface area contributed by atoms with Gasteiger partial charge in [0.25, 0.3) is 0 Å². The van der Waals surface area contributed by atoms with Crippen molar-refractivity contribution in [3.63, 3.8) is 0 Å². The molecule has 0 bridgehead atoms. The lowest BCUT2D eigenvalue weighted by Gasteiger charge is -2.30. The van der Waals surface area contributed by atoms with Crippen molar-refractivity contribution in [2.24, 2.45) is 11.7 Å². The molecule has 9 heterocycles. The maximum absolute atomic E-state index is 13.5. The van der Waals surface area contributed by atoms with E-state index in [4.69, 9.17) is 35.5 Å². The van der Waals surface area contributed by atoms with Gasteiger partial charge in [0.1, 0.15) is 0 Å². The van der Waals surface area contributed by atoms with Gasteiger partial charge in [-0.05, 0) is 196 Å². The fourth-order valence-corrected chi connectivity index (χ4v) is 13.0. The zero-order valence-electron chi connectivity index (χ0n) is 53.0. The number of pyridine rings is 3. The smallest absolute Gasteiger partial charge is 0.226 e. The zero-order chi connectivity index (χ0) is 64.5. The highest BCUT2D eigenvalue weighted by Crippen LogP contribution is 2.34. The van der Waals surface area contributed by atoms with E-state index in [-0.39, 0.29) is 35.8 Å². The highest BCUT2D eigenvalue weighted by atomic mass is 35.5. The Morgan fingerprint density at radius 1 is 0.593 bits per heavy atom. The first-order valence-corrected chi connectivity index (χ1v) is 31.9. The normalized spacial score (nSPS) is 15.2. The summed E-state index contributed by atoms with van der Waals surface area (Å²) < 4.78 is 6.17. The number of aromatic nitrogens is 6. The Morgan fingerprint density at radius 2 is 1.03 bits per heavy atom. The molecule has 0 radical (unpaired) electrons. The highest BCUT2D eigenvalue weighted by Gasteiger charge is 2.29. The second-order valence-electron chi connectivity index (χ2n) is 24.2. The summed E-state index contributed by atoms with van der Waals surface area (Å²) >= 11 is 6.03. The van der Waals surface area contributed by atoms with Crippen LogP contribution in [0, 0.1) is 46.8 Å². The summed E-state index contributed by atoms with van der Waals surface area (Å²) in [5.41, 5.74) is 20.9. The van der Waals surface area contributed by atoms with Gasteiger partial charge in [-0.3, -0.25) is 48.8 Å². The standard InChI is InChI=1S/C27H31N5O2.C24H27N5O.C21H22ClN3O2/c1-5-30(4)25(34)16-20-15-23-27(29-17-20)26(24(33)18-31-13-7-6-8-14-31)19(2)32(23)22-11-9-21(28-3)10-12-22;1-16-12-21-24(27-14-16)23(22(30)15-28-10-8-18(13-25)9-11-28)17(2)29(21)20-6-4-19(26-3)5-7-20;1-14-20(19(27)13-24-11-8-17(26)9-12-24)21-18(3-2-10-23-21)25(14)16-6-4-15(22)5-7-16/h9-12,15,17H,5-8,13-14,16,18H2,1-2,4H3;4-7,12,14,18H,8-11,13,15,25H2,1-2H3;2-7,10,17,26H,8-9,11-13H2,1H3. The number of carbonyl (C=O) groups is 4. The van der Waals surface area contributed by atoms with Crippen molar-refractivity contribution in [3.8, 4) is 17.1 Å². The minimum Gasteiger partial charge on any atom is -0.393 e. The van der Waals surface area contributed by atoms with Crippen LogP contribution in [0.25, 0.3) is 59.9 Å². The summed E-state index contributed by atoms with van der Waals surface area (Å²) in [6.07, 6.45) is 12.3. The number of nitrogens with zero attached hydrogens (tertiary/aromatic N) is 12. The Morgan fingerprint density at radius 3 is 1.52 bits per heavy atom. The molecule has 0 saturated carbocycles. The summed E-state index contributed by atoms with van der Waals surface area (Å²) in [6.45, 7) is 32.0. The number of likely N-dealkylation sites (tertiary alicyclic amines) is 3. The number of benzene rings is 3. The number of hydrogen-bond donors (Lipinski definition) is 2. The van der Waals surface area contributed by atoms with E-state index in [1.54, 1.807) is 48.6 Å². The third-order valence-electron chi connectivity index (χ3n) is 18.0. The topological polar surface area (TPSA) is 190 Å². The van der Waals surface area contributed by atoms with Crippen LogP contribution in [0.5, 0.6) is 0 Å². The number of aryl methyl sites for hydroxylation is 1. The van der Waals surface area contributed by atoms with Gasteiger partial charge < -0.3 is 29.4 Å². The fourth-order valence-electron chi connectivity index (χ4n) is 12.9. The first-order chi connectivity index (χ1) is 44.0. The molecular formula is C72H80ClN13O5. The second-order valence-corrected chi connectivity index (χ2v) is 24.7. The molecule has 0 atom stereocenters. The zero-order valence-corrected chi connectivity index (χ0v) is 53.7. The van der Waals surface area contributed by atoms with Crippen LogP contribution >= 0.6 is 11.6 Å². The lowest BCUT2D eigenvalue weighted by Crippen LogP contribution is -2.39. The average Bonchev–Trinajstić information content (AvgIpc) is 1.64. The van der Waals surface area contributed by atoms with E-state index < -0.39 is 0 Å². The van der Waals surface area contributed by atoms with Crippen molar-refractivity contribution >= 4 is 79.3 Å². The molecule has 470 valence electrons. The van der Waals surface area contributed by atoms with E-state index in [9.17, 15) is 24.3 Å². The van der Waals surface area contributed by atoms with Gasteiger partial charge >= 0.3 is 0 Å². The van der Waals surface area contributed by atoms with E-state index in [1.807, 2.05) is 112 Å². The van der Waals surface area contributed by atoms with Gasteiger partial charge in [0.05, 0.1) is 95.1 Å². The van der Waals surface area contributed by atoms with Crippen LogP contribution in [-0.2, 0) is 11.2 Å². The Hall–Kier alpha value is -8.72. The molecule has 0 unspecified atom stereocenters. The predicted molar refractivity (Wildman–Crippen MR) is 360 cm³/mol. The summed E-state index contributed by atoms with van der Waals surface area (Å²) in [6, 6.07) is 30.3. The number of halogens is 1. The number of aliphatic hydroxyl groups is 1. The molecule has 9 aromatic rings. The van der Waals surface area contributed by atoms with E-state index in [1.165, 1.54) is 6.42 Å². The number of hydrogen-bond acceptors (Lipinski definition) is 12. The Bertz CT molecular complexity index is 4190. The van der Waals surface area contributed by atoms with Gasteiger partial charge in [0, 0.05) is 84.4 Å². The van der Waals surface area contributed by atoms with Crippen LogP contribution in [0.4, 0.5) is 11.4 Å². The first kappa shape index (κ1) is 65.2. The molecule has 0 spiro atoms. The molecule has 91 heavy (non-hydrogen) atoms. The predicted octanol–water partition coefficient (Wildman–Crippen LogP) is 12.2. The quantitative estimate of drug-likeness (QED) is 0.0689. The van der Waals surface area contributed by atoms with Gasteiger partial charge in [-0.15, -0.1) is 0 Å². The van der Waals surface area contributed by atoms with Crippen molar-refractivity contribution in [3.05, 3.63) is 188 Å². The average molecular weight is 1240 g/mol. The maximum atomic E-state index is 13.5. The number of Topliss-reactive ketones (excluding diaryl/α,β-unsaturated/α-hetero) is 3. The molecule has 3 fully saturated rings. The number of ketones is 3. The Kier molecular flexibility index (Phi) is 21.1. The van der Waals surface area contributed by atoms with Crippen molar-refractivity contribution < 1.29 is 24.3 Å². The highest BCUT2D eigenvalue weighted by molar-refractivity contribution is 6.30. The molecule has 19 heteroatoms. The van der Waals surface area contributed by atoms with Crippen molar-refractivity contribution in [2.75, 3.05) is 79.0 Å². The number of aliphatic hydroxyl groups excluding tert-OH is 1.